The third-order valence-corrected chi connectivity index (χ3v) is 1.13. The molecule has 0 aliphatic rings. The van der Waals surface area contributed by atoms with Gasteiger partial charge in [-0.3, -0.25) is 4.55 Å². The van der Waals surface area contributed by atoms with Crippen molar-refractivity contribution in [2.75, 3.05) is 12.3 Å². The minimum absolute atomic E-state index is 0.0289. The summed E-state index contributed by atoms with van der Waals surface area (Å²) in [5.74, 6) is -0.354. The SMILES string of the molecule is [15NH2][13CH2][13CH2]S(=O)(=O)O. The van der Waals surface area contributed by atoms with Gasteiger partial charge in [0.2, 0.25) is 0 Å². The van der Waals surface area contributed by atoms with Crippen molar-refractivity contribution in [3.8, 4) is 0 Å². The van der Waals surface area contributed by atoms with Crippen LogP contribution in [0.1, 0.15) is 0 Å². The Morgan fingerprint density at radius 3 is 2.00 bits per heavy atom. The quantitative estimate of drug-likeness (QED) is 0.279. The molecule has 0 rings (SSSR count). The van der Waals surface area contributed by atoms with Crippen LogP contribution in [0.25, 0.3) is 0 Å². The fourth-order valence-electron chi connectivity index (χ4n) is 0.149. The maximum atomic E-state index is 9.71. The van der Waals surface area contributed by atoms with Crippen LogP contribution in [-0.4, -0.2) is 25.3 Å². The molecule has 0 aromatic carbocycles. The number of nitrogens with two attached hydrogens (primary N) is 1. The molecule has 0 saturated carbocycles. The fourth-order valence-corrected chi connectivity index (χ4v) is 0.447. The topological polar surface area (TPSA) is 80.4 Å². The summed E-state index contributed by atoms with van der Waals surface area (Å²) in [6.07, 6.45) is 0. The van der Waals surface area contributed by atoms with E-state index in [1.807, 2.05) is 0 Å². The Morgan fingerprint density at radius 1 is 1.57 bits per heavy atom. The van der Waals surface area contributed by atoms with Crippen LogP contribution in [0.2, 0.25) is 0 Å². The van der Waals surface area contributed by atoms with Crippen LogP contribution in [-0.2, 0) is 10.1 Å². The number of hydrogen-bond donors (Lipinski definition) is 2. The second-order valence-corrected chi connectivity index (χ2v) is 2.65. The Labute approximate surface area is 42.1 Å². The van der Waals surface area contributed by atoms with E-state index in [0.29, 0.717) is 0 Å². The van der Waals surface area contributed by atoms with Gasteiger partial charge in [0.15, 0.2) is 0 Å². The van der Waals surface area contributed by atoms with E-state index >= 15 is 0 Å². The van der Waals surface area contributed by atoms with Crippen LogP contribution in [0, 0.1) is 0 Å². The summed E-state index contributed by atoms with van der Waals surface area (Å²) in [5.41, 5.74) is 4.78. The van der Waals surface area contributed by atoms with Gasteiger partial charge in [0.1, 0.15) is 0 Å². The lowest BCUT2D eigenvalue weighted by atomic mass is 11.8. The molecule has 3 N–H and O–H groups in total. The Bertz CT molecular complexity index is 126. The smallest absolute Gasteiger partial charge is 0.266 e. The molecule has 4 nitrogen and oxygen atoms in total. The summed E-state index contributed by atoms with van der Waals surface area (Å²) >= 11 is 0. The lowest BCUT2D eigenvalue weighted by Crippen LogP contribution is -2.13. The van der Waals surface area contributed by atoms with Crippen LogP contribution in [0.3, 0.4) is 0 Å². The van der Waals surface area contributed by atoms with Crippen molar-refractivity contribution in [2.45, 2.75) is 0 Å². The second kappa shape index (κ2) is 2.25. The zero-order valence-electron chi connectivity index (χ0n) is 3.66. The van der Waals surface area contributed by atoms with E-state index in [4.69, 9.17) is 10.3 Å². The normalized spacial score (nSPS) is 11.7. The Kier molecular flexibility index (Phi) is 2.21. The average molecular weight is 128 g/mol. The Morgan fingerprint density at radius 2 is 2.00 bits per heavy atom. The van der Waals surface area contributed by atoms with E-state index in [1.165, 1.54) is 0 Å². The lowest BCUT2D eigenvalue weighted by molar-refractivity contribution is 0.483. The van der Waals surface area contributed by atoms with Gasteiger partial charge >= 0.3 is 0 Å². The molecule has 7 heavy (non-hydrogen) atoms. The van der Waals surface area contributed by atoms with Crippen LogP contribution >= 0.6 is 0 Å². The third-order valence-electron chi connectivity index (χ3n) is 0.376. The Hall–Kier alpha value is -0.130. The van der Waals surface area contributed by atoms with E-state index in [2.05, 4.69) is 0 Å². The predicted octanol–water partition coefficient (Wildman–Crippen LogP) is -1.17. The molecule has 0 unspecified atom stereocenters. The van der Waals surface area contributed by atoms with Gasteiger partial charge in [-0.15, -0.1) is 0 Å². The van der Waals surface area contributed by atoms with Gasteiger partial charge in [0.05, 0.1) is 5.75 Å². The van der Waals surface area contributed by atoms with Crippen LogP contribution in [0.4, 0.5) is 0 Å². The molecule has 0 aromatic heterocycles. The molecule has 0 aliphatic heterocycles. The van der Waals surface area contributed by atoms with Crippen LogP contribution in [0.5, 0.6) is 0 Å². The molecule has 5 heteroatoms. The first-order chi connectivity index (χ1) is 3.06. The lowest BCUT2D eigenvalue weighted by Gasteiger charge is -1.86. The maximum Gasteiger partial charge on any atom is 0.266 e. The van der Waals surface area contributed by atoms with Crippen molar-refractivity contribution >= 4 is 10.1 Å². The van der Waals surface area contributed by atoms with Crippen molar-refractivity contribution in [2.24, 2.45) is 5.73 Å². The van der Waals surface area contributed by atoms with Crippen molar-refractivity contribution in [3.63, 3.8) is 0 Å². The second-order valence-electron chi connectivity index (χ2n) is 1.07. The molecule has 0 radical (unpaired) electrons. The van der Waals surface area contributed by atoms with Crippen molar-refractivity contribution in [1.29, 1.82) is 0 Å². The van der Waals surface area contributed by atoms with Crippen molar-refractivity contribution < 1.29 is 13.0 Å². The molecule has 0 saturated heterocycles. The zero-order valence-corrected chi connectivity index (χ0v) is 4.48. The summed E-state index contributed by atoms with van der Waals surface area (Å²) in [5, 5.41) is 0. The first kappa shape index (κ1) is 6.87. The first-order valence-corrected chi connectivity index (χ1v) is 3.32. The maximum absolute atomic E-state index is 9.71. The number of hydrogen-bond acceptors (Lipinski definition) is 3. The van der Waals surface area contributed by atoms with Crippen LogP contribution < -0.4 is 5.73 Å². The highest BCUT2D eigenvalue weighted by molar-refractivity contribution is 7.85. The molecule has 44 valence electrons. The fraction of sp³-hybridized carbons (Fsp3) is 1.00. The summed E-state index contributed by atoms with van der Waals surface area (Å²) in [6, 6.07) is 0. The van der Waals surface area contributed by atoms with Crippen molar-refractivity contribution in [1.82, 2.24) is 0 Å². The Balaban J connectivity index is 3.60. The van der Waals surface area contributed by atoms with Gasteiger partial charge in [-0.2, -0.15) is 8.42 Å². The highest BCUT2D eigenvalue weighted by Gasteiger charge is 1.98. The van der Waals surface area contributed by atoms with Gasteiger partial charge < -0.3 is 5.73 Å². The zero-order chi connectivity index (χ0) is 5.91. The molecule has 0 amide bonds. The third kappa shape index (κ3) is 5.87. The van der Waals surface area contributed by atoms with Gasteiger partial charge in [0.25, 0.3) is 10.1 Å². The van der Waals surface area contributed by atoms with Crippen molar-refractivity contribution in [3.05, 3.63) is 0 Å². The van der Waals surface area contributed by atoms with E-state index in [1.54, 1.807) is 0 Å². The number of rotatable bonds is 2. The monoisotopic (exact) mass is 128 g/mol. The standard InChI is InChI=1S/C2H7NO3S/c3-1-2-7(4,5)6/h1-3H2,(H,4,5,6)/i1+1,2+1,3+1. The summed E-state index contributed by atoms with van der Waals surface area (Å²) in [7, 11) is -3.80. The molecule has 0 heterocycles. The van der Waals surface area contributed by atoms with E-state index in [-0.39, 0.29) is 12.3 Å². The first-order valence-electron chi connectivity index (χ1n) is 1.71. The summed E-state index contributed by atoms with van der Waals surface area (Å²) < 4.78 is 27.3. The van der Waals surface area contributed by atoms with Gasteiger partial charge in [-0.1, -0.05) is 0 Å². The van der Waals surface area contributed by atoms with Gasteiger partial charge in [0, 0.05) is 6.54 Å². The molecule has 0 fully saturated rings. The largest absolute Gasteiger partial charge is 0.329 e. The molecule has 0 bridgehead atoms. The molecular weight excluding hydrogens is 121 g/mol. The highest BCUT2D eigenvalue weighted by atomic mass is 32.2. The molecule has 0 spiro atoms. The van der Waals surface area contributed by atoms with E-state index in [9.17, 15) is 8.42 Å². The minimum Gasteiger partial charge on any atom is -0.329 e. The molecule has 0 atom stereocenters. The van der Waals surface area contributed by atoms with E-state index in [0.717, 1.165) is 0 Å². The average Bonchev–Trinajstić information content (AvgIpc) is 1.30. The van der Waals surface area contributed by atoms with E-state index < -0.39 is 10.1 Å². The van der Waals surface area contributed by atoms with Crippen LogP contribution in [0.15, 0.2) is 0 Å². The predicted molar refractivity (Wildman–Crippen MR) is 25.5 cm³/mol. The summed E-state index contributed by atoms with van der Waals surface area (Å²) in [6.45, 7) is -0.0289. The van der Waals surface area contributed by atoms with Gasteiger partial charge in [-0.05, 0) is 0 Å². The van der Waals surface area contributed by atoms with Gasteiger partial charge in [-0.25, -0.2) is 0 Å². The molecule has 0 aromatic rings. The molecular formula is C2H7NO3S. The minimum atomic E-state index is -3.80. The molecule has 0 aliphatic carbocycles. The highest BCUT2D eigenvalue weighted by Crippen LogP contribution is 1.74. The summed E-state index contributed by atoms with van der Waals surface area (Å²) in [4.78, 5) is 0.